The molecule has 0 saturated carbocycles. The molecule has 2 rings (SSSR count). The van der Waals surface area contributed by atoms with Crippen molar-refractivity contribution in [2.24, 2.45) is 4.99 Å². The minimum absolute atomic E-state index is 0.237. The first-order chi connectivity index (χ1) is 11.1. The van der Waals surface area contributed by atoms with E-state index in [0.29, 0.717) is 24.2 Å². The van der Waals surface area contributed by atoms with Gasteiger partial charge >= 0.3 is 0 Å². The van der Waals surface area contributed by atoms with Gasteiger partial charge in [0.25, 0.3) is 0 Å². The molecule has 5 nitrogen and oxygen atoms in total. The Kier molecular flexibility index (Phi) is 6.29. The highest BCUT2D eigenvalue weighted by Crippen LogP contribution is 2.22. The highest BCUT2D eigenvalue weighted by atomic mass is 32.1. The van der Waals surface area contributed by atoms with Crippen LogP contribution in [0.15, 0.2) is 40.7 Å². The second kappa shape index (κ2) is 8.43. The maximum atomic E-state index is 9.90. The third-order valence-corrected chi connectivity index (χ3v) is 4.66. The van der Waals surface area contributed by atoms with Gasteiger partial charge in [-0.15, -0.1) is 11.3 Å². The molecule has 0 aliphatic heterocycles. The monoisotopic (exact) mass is 333 g/mol. The molecule has 0 fully saturated rings. The highest BCUT2D eigenvalue weighted by molar-refractivity contribution is 7.10. The van der Waals surface area contributed by atoms with E-state index in [9.17, 15) is 5.11 Å². The number of guanidine groups is 1. The number of thiophene rings is 1. The first kappa shape index (κ1) is 17.1. The zero-order chi connectivity index (χ0) is 16.7. The van der Waals surface area contributed by atoms with E-state index in [0.717, 1.165) is 12.1 Å². The molecular formula is C17H23N3O2S. The van der Waals surface area contributed by atoms with Crippen molar-refractivity contribution >= 4 is 17.3 Å². The summed E-state index contributed by atoms with van der Waals surface area (Å²) in [4.78, 5) is 5.56. The summed E-state index contributed by atoms with van der Waals surface area (Å²) in [6.07, 6.45) is 0. The molecule has 0 radical (unpaired) electrons. The number of methoxy groups -OCH3 is 1. The maximum Gasteiger partial charge on any atom is 0.191 e. The Morgan fingerprint density at radius 2 is 2.17 bits per heavy atom. The average Bonchev–Trinajstić information content (AvgIpc) is 3.10. The Hall–Kier alpha value is -2.21. The van der Waals surface area contributed by atoms with Crippen molar-refractivity contribution in [2.45, 2.75) is 19.4 Å². The number of phenols is 1. The van der Waals surface area contributed by atoms with Gasteiger partial charge in [-0.25, -0.2) is 0 Å². The number of hydrogen-bond acceptors (Lipinski definition) is 4. The fourth-order valence-corrected chi connectivity index (χ4v) is 2.94. The van der Waals surface area contributed by atoms with Crippen LogP contribution in [0.2, 0.25) is 0 Å². The third kappa shape index (κ3) is 4.89. The molecule has 1 aromatic heterocycles. The molecule has 124 valence electrons. The van der Waals surface area contributed by atoms with Crippen molar-refractivity contribution in [2.75, 3.05) is 20.7 Å². The van der Waals surface area contributed by atoms with Gasteiger partial charge in [0.15, 0.2) is 5.96 Å². The van der Waals surface area contributed by atoms with Crippen molar-refractivity contribution in [1.82, 2.24) is 10.6 Å². The second-order valence-electron chi connectivity index (χ2n) is 5.22. The van der Waals surface area contributed by atoms with Crippen LogP contribution in [0.3, 0.4) is 0 Å². The van der Waals surface area contributed by atoms with Gasteiger partial charge in [-0.3, -0.25) is 4.99 Å². The molecule has 1 aromatic carbocycles. The van der Waals surface area contributed by atoms with E-state index in [2.05, 4.69) is 40.1 Å². The molecule has 23 heavy (non-hydrogen) atoms. The molecular weight excluding hydrogens is 310 g/mol. The normalized spacial score (nSPS) is 12.7. The lowest BCUT2D eigenvalue weighted by atomic mass is 10.1. The van der Waals surface area contributed by atoms with Crippen molar-refractivity contribution in [3.63, 3.8) is 0 Å². The first-order valence-corrected chi connectivity index (χ1v) is 8.35. The van der Waals surface area contributed by atoms with Crippen LogP contribution in [-0.4, -0.2) is 31.8 Å². The highest BCUT2D eigenvalue weighted by Gasteiger charge is 2.08. The molecule has 2 aromatic rings. The fourth-order valence-electron chi connectivity index (χ4n) is 2.15. The quantitative estimate of drug-likeness (QED) is 0.562. The Labute approximate surface area is 141 Å². The lowest BCUT2D eigenvalue weighted by molar-refractivity contribution is 0.410. The Morgan fingerprint density at radius 3 is 2.83 bits per heavy atom. The number of benzene rings is 1. The van der Waals surface area contributed by atoms with Crippen LogP contribution in [0.5, 0.6) is 11.5 Å². The molecule has 3 N–H and O–H groups in total. The summed E-state index contributed by atoms with van der Waals surface area (Å²) in [5.74, 6) is 2.07. The second-order valence-corrected chi connectivity index (χ2v) is 6.20. The van der Waals surface area contributed by atoms with Crippen LogP contribution in [-0.2, 0) is 6.54 Å². The number of rotatable bonds is 6. The van der Waals surface area contributed by atoms with Crippen molar-refractivity contribution < 1.29 is 9.84 Å². The average molecular weight is 333 g/mol. The van der Waals surface area contributed by atoms with E-state index < -0.39 is 0 Å². The zero-order valence-corrected chi connectivity index (χ0v) is 14.5. The number of hydrogen-bond donors (Lipinski definition) is 3. The SMILES string of the molecule is CN=C(NCc1cc(OC)ccc1O)NCC(C)c1cccs1. The van der Waals surface area contributed by atoms with Crippen LogP contribution in [0.1, 0.15) is 23.3 Å². The molecule has 1 atom stereocenters. The molecule has 1 unspecified atom stereocenters. The topological polar surface area (TPSA) is 65.9 Å². The minimum Gasteiger partial charge on any atom is -0.508 e. The summed E-state index contributed by atoms with van der Waals surface area (Å²) in [7, 11) is 3.34. The lowest BCUT2D eigenvalue weighted by Gasteiger charge is -2.16. The van der Waals surface area contributed by atoms with E-state index in [-0.39, 0.29) is 5.75 Å². The van der Waals surface area contributed by atoms with Crippen LogP contribution < -0.4 is 15.4 Å². The molecule has 6 heteroatoms. The summed E-state index contributed by atoms with van der Waals surface area (Å²) in [5, 5.41) is 18.5. The Morgan fingerprint density at radius 1 is 1.35 bits per heavy atom. The van der Waals surface area contributed by atoms with Crippen LogP contribution in [0, 0.1) is 0 Å². The van der Waals surface area contributed by atoms with Gasteiger partial charge in [0.1, 0.15) is 11.5 Å². The number of aliphatic imine (C=N–C) groups is 1. The zero-order valence-electron chi connectivity index (χ0n) is 13.7. The number of phenolic OH excluding ortho intramolecular Hbond substituents is 1. The minimum atomic E-state index is 0.237. The first-order valence-electron chi connectivity index (χ1n) is 7.47. The number of ether oxygens (including phenoxy) is 1. The lowest BCUT2D eigenvalue weighted by Crippen LogP contribution is -2.38. The van der Waals surface area contributed by atoms with E-state index in [1.807, 2.05) is 6.07 Å². The van der Waals surface area contributed by atoms with Crippen molar-refractivity contribution in [3.05, 3.63) is 46.2 Å². The Balaban J connectivity index is 1.88. The molecule has 0 aliphatic rings. The van der Waals surface area contributed by atoms with Crippen LogP contribution in [0.25, 0.3) is 0 Å². The van der Waals surface area contributed by atoms with Gasteiger partial charge in [-0.1, -0.05) is 13.0 Å². The van der Waals surface area contributed by atoms with Gasteiger partial charge in [0.2, 0.25) is 0 Å². The predicted octanol–water partition coefficient (Wildman–Crippen LogP) is 2.93. The third-order valence-electron chi connectivity index (χ3n) is 3.56. The van der Waals surface area contributed by atoms with E-state index >= 15 is 0 Å². The summed E-state index contributed by atoms with van der Waals surface area (Å²) in [6, 6.07) is 9.38. The molecule has 0 saturated heterocycles. The van der Waals surface area contributed by atoms with Crippen LogP contribution >= 0.6 is 11.3 Å². The van der Waals surface area contributed by atoms with Gasteiger partial charge < -0.3 is 20.5 Å². The smallest absolute Gasteiger partial charge is 0.191 e. The van der Waals surface area contributed by atoms with Gasteiger partial charge in [-0.2, -0.15) is 0 Å². The molecule has 1 heterocycles. The summed E-state index contributed by atoms with van der Waals surface area (Å²) >= 11 is 1.76. The number of aromatic hydroxyl groups is 1. The Bertz CT molecular complexity index is 641. The molecule has 0 bridgehead atoms. The number of nitrogens with one attached hydrogen (secondary N) is 2. The summed E-state index contributed by atoms with van der Waals surface area (Å²) < 4.78 is 5.18. The van der Waals surface area contributed by atoms with Gasteiger partial charge in [-0.05, 0) is 29.6 Å². The fraction of sp³-hybridized carbons (Fsp3) is 0.353. The summed E-state index contributed by atoms with van der Waals surface area (Å²) in [6.45, 7) is 3.44. The number of nitrogens with zero attached hydrogens (tertiary/aromatic N) is 1. The van der Waals surface area contributed by atoms with E-state index in [1.54, 1.807) is 37.6 Å². The van der Waals surface area contributed by atoms with Gasteiger partial charge in [0.05, 0.1) is 7.11 Å². The maximum absolute atomic E-state index is 9.90. The molecule has 0 aliphatic carbocycles. The van der Waals surface area contributed by atoms with Crippen LogP contribution in [0.4, 0.5) is 0 Å². The predicted molar refractivity (Wildman–Crippen MR) is 95.6 cm³/mol. The van der Waals surface area contributed by atoms with E-state index in [4.69, 9.17) is 4.74 Å². The largest absolute Gasteiger partial charge is 0.508 e. The standard InChI is InChI=1S/C17H23N3O2S/c1-12(16-5-4-8-23-16)10-19-17(18-2)20-11-13-9-14(22-3)6-7-15(13)21/h4-9,12,21H,10-11H2,1-3H3,(H2,18,19,20). The summed E-state index contributed by atoms with van der Waals surface area (Å²) in [5.41, 5.74) is 0.763. The molecule has 0 amide bonds. The van der Waals surface area contributed by atoms with E-state index in [1.165, 1.54) is 4.88 Å². The van der Waals surface area contributed by atoms with Gasteiger partial charge in [0, 0.05) is 36.5 Å². The molecule has 0 spiro atoms. The van der Waals surface area contributed by atoms with Crippen molar-refractivity contribution in [1.29, 1.82) is 0 Å². The van der Waals surface area contributed by atoms with Crippen molar-refractivity contribution in [3.8, 4) is 11.5 Å².